The molecular formula is C15H19NO4S. The SMILES string of the molecule is COC1CCCN(S(=O)(=O)c2ccccc2C#CCO)C1. The van der Waals surface area contributed by atoms with Gasteiger partial charge in [0.1, 0.15) is 6.61 Å². The third-order valence-corrected chi connectivity index (χ3v) is 5.40. The molecule has 0 saturated carbocycles. The quantitative estimate of drug-likeness (QED) is 0.840. The van der Waals surface area contributed by atoms with Crippen LogP contribution in [-0.2, 0) is 14.8 Å². The molecule has 21 heavy (non-hydrogen) atoms. The topological polar surface area (TPSA) is 66.8 Å². The van der Waals surface area contributed by atoms with Crippen LogP contribution >= 0.6 is 0 Å². The molecule has 1 heterocycles. The van der Waals surface area contributed by atoms with Gasteiger partial charge in [0.05, 0.1) is 11.0 Å². The van der Waals surface area contributed by atoms with Crippen molar-refractivity contribution in [2.24, 2.45) is 0 Å². The first kappa shape index (κ1) is 16.0. The number of nitrogens with zero attached hydrogens (tertiary/aromatic N) is 1. The highest BCUT2D eigenvalue weighted by atomic mass is 32.2. The number of sulfonamides is 1. The van der Waals surface area contributed by atoms with Crippen molar-refractivity contribution in [2.75, 3.05) is 26.8 Å². The zero-order chi connectivity index (χ0) is 15.3. The third kappa shape index (κ3) is 3.63. The van der Waals surface area contributed by atoms with Crippen molar-refractivity contribution in [3.05, 3.63) is 29.8 Å². The average Bonchev–Trinajstić information content (AvgIpc) is 2.53. The summed E-state index contributed by atoms with van der Waals surface area (Å²) in [5, 5.41) is 8.79. The normalized spacial score (nSPS) is 19.8. The number of hydrogen-bond donors (Lipinski definition) is 1. The number of methoxy groups -OCH3 is 1. The number of rotatable bonds is 3. The van der Waals surface area contributed by atoms with Gasteiger partial charge in [0, 0.05) is 25.8 Å². The minimum atomic E-state index is -3.60. The Balaban J connectivity index is 2.35. The maximum atomic E-state index is 12.8. The van der Waals surface area contributed by atoms with Gasteiger partial charge >= 0.3 is 0 Å². The zero-order valence-corrected chi connectivity index (χ0v) is 12.8. The highest BCUT2D eigenvalue weighted by Gasteiger charge is 2.31. The fourth-order valence-electron chi connectivity index (χ4n) is 2.38. The molecule has 1 aliphatic rings. The van der Waals surface area contributed by atoms with E-state index in [0.29, 0.717) is 18.7 Å². The third-order valence-electron chi connectivity index (χ3n) is 3.48. The lowest BCUT2D eigenvalue weighted by molar-refractivity contribution is 0.0572. The molecule has 0 amide bonds. The van der Waals surface area contributed by atoms with E-state index in [0.717, 1.165) is 12.8 Å². The predicted molar refractivity (Wildman–Crippen MR) is 79.2 cm³/mol. The van der Waals surface area contributed by atoms with Crippen LogP contribution in [0.2, 0.25) is 0 Å². The number of benzene rings is 1. The van der Waals surface area contributed by atoms with Crippen molar-refractivity contribution in [3.63, 3.8) is 0 Å². The summed E-state index contributed by atoms with van der Waals surface area (Å²) >= 11 is 0. The second-order valence-electron chi connectivity index (χ2n) is 4.82. The summed E-state index contributed by atoms with van der Waals surface area (Å²) in [7, 11) is -2.00. The van der Waals surface area contributed by atoms with Crippen molar-refractivity contribution < 1.29 is 18.3 Å². The number of aliphatic hydroxyl groups excluding tert-OH is 1. The van der Waals surface area contributed by atoms with Crippen molar-refractivity contribution in [1.29, 1.82) is 0 Å². The first-order valence-electron chi connectivity index (χ1n) is 6.81. The Morgan fingerprint density at radius 2 is 2.19 bits per heavy atom. The number of ether oxygens (including phenoxy) is 1. The fraction of sp³-hybridized carbons (Fsp3) is 0.467. The molecule has 0 aliphatic carbocycles. The largest absolute Gasteiger partial charge is 0.384 e. The molecule has 1 aromatic rings. The molecule has 1 aliphatic heterocycles. The Kier molecular flexibility index (Phi) is 5.37. The lowest BCUT2D eigenvalue weighted by atomic mass is 10.1. The molecule has 0 bridgehead atoms. The Labute approximate surface area is 125 Å². The van der Waals surface area contributed by atoms with E-state index < -0.39 is 10.0 Å². The molecule has 114 valence electrons. The van der Waals surface area contributed by atoms with Gasteiger partial charge < -0.3 is 9.84 Å². The Bertz CT molecular complexity index is 645. The van der Waals surface area contributed by atoms with E-state index in [-0.39, 0.29) is 17.6 Å². The van der Waals surface area contributed by atoms with Gasteiger partial charge in [-0.05, 0) is 25.0 Å². The van der Waals surface area contributed by atoms with Crippen LogP contribution in [0.4, 0.5) is 0 Å². The van der Waals surface area contributed by atoms with E-state index >= 15 is 0 Å². The van der Waals surface area contributed by atoms with Gasteiger partial charge in [-0.1, -0.05) is 24.0 Å². The van der Waals surface area contributed by atoms with Gasteiger partial charge in [0.25, 0.3) is 0 Å². The maximum absolute atomic E-state index is 12.8. The summed E-state index contributed by atoms with van der Waals surface area (Å²) < 4.78 is 32.3. The standard InChI is InChI=1S/C15H19NO4S/c1-20-14-8-4-10-16(12-14)21(18,19)15-9-3-2-6-13(15)7-5-11-17/h2-3,6,9,14,17H,4,8,10-12H2,1H3. The first-order chi connectivity index (χ1) is 10.1. The van der Waals surface area contributed by atoms with Crippen LogP contribution in [0, 0.1) is 11.8 Å². The summed E-state index contributed by atoms with van der Waals surface area (Å²) in [5.41, 5.74) is 0.408. The fourth-order valence-corrected chi connectivity index (χ4v) is 4.04. The highest BCUT2D eigenvalue weighted by Crippen LogP contribution is 2.24. The smallest absolute Gasteiger partial charge is 0.244 e. The van der Waals surface area contributed by atoms with Gasteiger partial charge in [0.15, 0.2) is 0 Å². The number of aliphatic hydroxyl groups is 1. The van der Waals surface area contributed by atoms with E-state index in [2.05, 4.69) is 11.8 Å². The van der Waals surface area contributed by atoms with Crippen LogP contribution in [0.5, 0.6) is 0 Å². The van der Waals surface area contributed by atoms with Crippen molar-refractivity contribution in [1.82, 2.24) is 4.31 Å². The average molecular weight is 309 g/mol. The van der Waals surface area contributed by atoms with Crippen LogP contribution in [0.1, 0.15) is 18.4 Å². The molecule has 0 spiro atoms. The van der Waals surface area contributed by atoms with Crippen LogP contribution in [0.3, 0.4) is 0 Å². The second kappa shape index (κ2) is 7.05. The number of hydrogen-bond acceptors (Lipinski definition) is 4. The van der Waals surface area contributed by atoms with Gasteiger partial charge in [-0.15, -0.1) is 0 Å². The molecule has 5 nitrogen and oxygen atoms in total. The van der Waals surface area contributed by atoms with Crippen LogP contribution < -0.4 is 0 Å². The molecule has 1 N–H and O–H groups in total. The lowest BCUT2D eigenvalue weighted by Crippen LogP contribution is -2.43. The van der Waals surface area contributed by atoms with Crippen molar-refractivity contribution >= 4 is 10.0 Å². The number of piperidine rings is 1. The molecular weight excluding hydrogens is 290 g/mol. The monoisotopic (exact) mass is 309 g/mol. The molecule has 1 saturated heterocycles. The lowest BCUT2D eigenvalue weighted by Gasteiger charge is -2.31. The maximum Gasteiger partial charge on any atom is 0.244 e. The minimum absolute atomic E-state index is 0.0655. The van der Waals surface area contributed by atoms with Crippen molar-refractivity contribution in [3.8, 4) is 11.8 Å². The van der Waals surface area contributed by atoms with Crippen LogP contribution in [-0.4, -0.2) is 50.7 Å². The van der Waals surface area contributed by atoms with Crippen LogP contribution in [0.25, 0.3) is 0 Å². The van der Waals surface area contributed by atoms with Gasteiger partial charge in [-0.25, -0.2) is 8.42 Å². The van der Waals surface area contributed by atoms with E-state index in [1.807, 2.05) is 0 Å². The molecule has 1 fully saturated rings. The highest BCUT2D eigenvalue weighted by molar-refractivity contribution is 7.89. The first-order valence-corrected chi connectivity index (χ1v) is 8.25. The zero-order valence-electron chi connectivity index (χ0n) is 11.9. The molecule has 1 aromatic carbocycles. The van der Waals surface area contributed by atoms with Crippen LogP contribution in [0.15, 0.2) is 29.2 Å². The summed E-state index contributed by atoms with van der Waals surface area (Å²) in [5.74, 6) is 5.19. The Morgan fingerprint density at radius 1 is 1.43 bits per heavy atom. The van der Waals surface area contributed by atoms with E-state index in [4.69, 9.17) is 9.84 Å². The van der Waals surface area contributed by atoms with Gasteiger partial charge in [-0.2, -0.15) is 4.31 Å². The molecule has 1 unspecified atom stereocenters. The van der Waals surface area contributed by atoms with Gasteiger partial charge in [0.2, 0.25) is 10.0 Å². The predicted octanol–water partition coefficient (Wildman–Crippen LogP) is 0.830. The van der Waals surface area contributed by atoms with Crippen molar-refractivity contribution in [2.45, 2.75) is 23.8 Å². The summed E-state index contributed by atoms with van der Waals surface area (Å²) in [6.45, 7) is 0.550. The van der Waals surface area contributed by atoms with E-state index in [1.54, 1.807) is 31.4 Å². The summed E-state index contributed by atoms with van der Waals surface area (Å²) in [4.78, 5) is 0.183. The summed E-state index contributed by atoms with van der Waals surface area (Å²) in [6.07, 6.45) is 1.58. The Morgan fingerprint density at radius 3 is 2.90 bits per heavy atom. The Hall–Kier alpha value is -1.39. The molecule has 1 atom stereocenters. The molecule has 2 rings (SSSR count). The van der Waals surface area contributed by atoms with E-state index in [1.165, 1.54) is 4.31 Å². The van der Waals surface area contributed by atoms with Gasteiger partial charge in [-0.3, -0.25) is 0 Å². The molecule has 0 radical (unpaired) electrons. The summed E-state index contributed by atoms with van der Waals surface area (Å²) in [6, 6.07) is 6.60. The second-order valence-corrected chi connectivity index (χ2v) is 6.73. The molecule has 6 heteroatoms. The van der Waals surface area contributed by atoms with E-state index in [9.17, 15) is 8.42 Å². The minimum Gasteiger partial charge on any atom is -0.384 e. The molecule has 0 aromatic heterocycles.